The van der Waals surface area contributed by atoms with Crippen molar-refractivity contribution < 1.29 is 14.3 Å². The number of rotatable bonds is 7. The maximum atomic E-state index is 13.0. The Kier molecular flexibility index (Phi) is 6.37. The molecule has 2 aromatic carbocycles. The summed E-state index contributed by atoms with van der Waals surface area (Å²) in [4.78, 5) is 28.5. The second-order valence-corrected chi connectivity index (χ2v) is 7.83. The summed E-state index contributed by atoms with van der Waals surface area (Å²) in [6, 6.07) is 16.5. The molecule has 0 bridgehead atoms. The summed E-state index contributed by atoms with van der Waals surface area (Å²) in [6.45, 7) is 4.39. The van der Waals surface area contributed by atoms with Crippen molar-refractivity contribution in [3.05, 3.63) is 70.1 Å². The van der Waals surface area contributed by atoms with Gasteiger partial charge in [-0.05, 0) is 43.7 Å². The van der Waals surface area contributed by atoms with Gasteiger partial charge in [0.05, 0.1) is 29.7 Å². The summed E-state index contributed by atoms with van der Waals surface area (Å²) >= 11 is 7.23. The van der Waals surface area contributed by atoms with Gasteiger partial charge in [0, 0.05) is 9.92 Å². The van der Waals surface area contributed by atoms with Crippen LogP contribution in [0.25, 0.3) is 5.57 Å². The van der Waals surface area contributed by atoms with E-state index in [0.29, 0.717) is 22.1 Å². The van der Waals surface area contributed by atoms with E-state index in [4.69, 9.17) is 16.3 Å². The molecule has 1 aliphatic rings. The van der Waals surface area contributed by atoms with Gasteiger partial charge in [-0.1, -0.05) is 53.7 Å². The van der Waals surface area contributed by atoms with Crippen molar-refractivity contribution in [3.63, 3.8) is 0 Å². The van der Waals surface area contributed by atoms with Crippen molar-refractivity contribution in [1.82, 2.24) is 4.90 Å². The van der Waals surface area contributed by atoms with Crippen molar-refractivity contribution >= 4 is 40.8 Å². The molecule has 1 heterocycles. The number of hydrogen-bond donors (Lipinski definition) is 0. The highest BCUT2D eigenvalue weighted by Gasteiger charge is 2.39. The number of carbonyl (C=O) groups excluding carboxylic acids is 2. The molecule has 140 valence electrons. The molecule has 1 aliphatic heterocycles. The van der Waals surface area contributed by atoms with Gasteiger partial charge in [0.1, 0.15) is 0 Å². The molecule has 0 saturated carbocycles. The fourth-order valence-corrected chi connectivity index (χ4v) is 3.85. The number of nitrogens with zero attached hydrogens (tertiary/aromatic N) is 1. The van der Waals surface area contributed by atoms with Crippen molar-refractivity contribution in [2.75, 3.05) is 13.2 Å². The minimum atomic E-state index is -0.286. The smallest absolute Gasteiger partial charge is 0.268 e. The Morgan fingerprint density at radius 3 is 2.30 bits per heavy atom. The molecule has 0 unspecified atom stereocenters. The molecule has 0 atom stereocenters. The first kappa shape index (κ1) is 19.7. The average Bonchev–Trinajstić information content (AvgIpc) is 2.88. The molecule has 6 heteroatoms. The minimum Gasteiger partial charge on any atom is -0.377 e. The van der Waals surface area contributed by atoms with Crippen LogP contribution in [0.4, 0.5) is 0 Å². The van der Waals surface area contributed by atoms with Gasteiger partial charge in [0.2, 0.25) is 0 Å². The molecule has 2 aromatic rings. The SMILES string of the molecule is CC(C)OCCN1C(=O)C(Sc2ccc(Cl)cc2)=C(c2ccccc2)C1=O. The van der Waals surface area contributed by atoms with Gasteiger partial charge in [-0.25, -0.2) is 0 Å². The van der Waals surface area contributed by atoms with Crippen LogP contribution in [-0.4, -0.2) is 36.0 Å². The second-order valence-electron chi connectivity index (χ2n) is 6.31. The lowest BCUT2D eigenvalue weighted by Crippen LogP contribution is -2.35. The number of benzene rings is 2. The number of ether oxygens (including phenoxy) is 1. The van der Waals surface area contributed by atoms with E-state index in [1.807, 2.05) is 56.3 Å². The van der Waals surface area contributed by atoms with Crippen LogP contribution in [0.15, 0.2) is 64.4 Å². The number of halogens is 1. The molecule has 0 spiro atoms. The Balaban J connectivity index is 1.92. The molecule has 2 amide bonds. The quantitative estimate of drug-likeness (QED) is 0.634. The molecule has 0 aliphatic carbocycles. The molecule has 0 radical (unpaired) electrons. The zero-order chi connectivity index (χ0) is 19.4. The van der Waals surface area contributed by atoms with Gasteiger partial charge in [0.25, 0.3) is 11.8 Å². The zero-order valence-electron chi connectivity index (χ0n) is 15.1. The van der Waals surface area contributed by atoms with Crippen LogP contribution in [0.5, 0.6) is 0 Å². The lowest BCUT2D eigenvalue weighted by molar-refractivity contribution is -0.137. The molecule has 0 fully saturated rings. The van der Waals surface area contributed by atoms with Crippen LogP contribution < -0.4 is 0 Å². The van der Waals surface area contributed by atoms with Crippen LogP contribution in [0.2, 0.25) is 5.02 Å². The Labute approximate surface area is 168 Å². The minimum absolute atomic E-state index is 0.0438. The highest BCUT2D eigenvalue weighted by molar-refractivity contribution is 8.04. The highest BCUT2D eigenvalue weighted by Crippen LogP contribution is 2.39. The first-order valence-corrected chi connectivity index (χ1v) is 9.87. The van der Waals surface area contributed by atoms with Gasteiger partial charge >= 0.3 is 0 Å². The first-order valence-electron chi connectivity index (χ1n) is 8.68. The van der Waals surface area contributed by atoms with Crippen molar-refractivity contribution in [1.29, 1.82) is 0 Å². The second kappa shape index (κ2) is 8.74. The van der Waals surface area contributed by atoms with E-state index in [1.54, 1.807) is 12.1 Å². The summed E-state index contributed by atoms with van der Waals surface area (Å²) in [6.07, 6.45) is 0.0438. The van der Waals surface area contributed by atoms with E-state index in [9.17, 15) is 9.59 Å². The van der Waals surface area contributed by atoms with Crippen molar-refractivity contribution in [2.24, 2.45) is 0 Å². The normalized spacial score (nSPS) is 14.6. The average molecular weight is 402 g/mol. The fourth-order valence-electron chi connectivity index (χ4n) is 2.71. The summed E-state index contributed by atoms with van der Waals surface area (Å²) in [5.41, 5.74) is 1.17. The van der Waals surface area contributed by atoms with Crippen LogP contribution in [-0.2, 0) is 14.3 Å². The van der Waals surface area contributed by atoms with Crippen molar-refractivity contribution in [2.45, 2.75) is 24.8 Å². The van der Waals surface area contributed by atoms with Crippen LogP contribution in [0.3, 0.4) is 0 Å². The largest absolute Gasteiger partial charge is 0.377 e. The molecule has 0 N–H and O–H groups in total. The Hall–Kier alpha value is -2.08. The van der Waals surface area contributed by atoms with E-state index >= 15 is 0 Å². The number of imide groups is 1. The van der Waals surface area contributed by atoms with Gasteiger partial charge in [-0.15, -0.1) is 0 Å². The monoisotopic (exact) mass is 401 g/mol. The molecule has 27 heavy (non-hydrogen) atoms. The maximum absolute atomic E-state index is 13.0. The number of thioether (sulfide) groups is 1. The number of hydrogen-bond acceptors (Lipinski definition) is 4. The zero-order valence-corrected chi connectivity index (χ0v) is 16.7. The molecule has 0 saturated heterocycles. The van der Waals surface area contributed by atoms with Crippen LogP contribution in [0.1, 0.15) is 19.4 Å². The summed E-state index contributed by atoms with van der Waals surface area (Å²) in [5.74, 6) is -0.568. The van der Waals surface area contributed by atoms with Gasteiger partial charge < -0.3 is 4.74 Å². The van der Waals surface area contributed by atoms with Gasteiger partial charge in [-0.3, -0.25) is 14.5 Å². The third-order valence-corrected chi connectivity index (χ3v) is 5.33. The molecule has 0 aromatic heterocycles. The van der Waals surface area contributed by atoms with Crippen LogP contribution >= 0.6 is 23.4 Å². The number of amides is 2. The third-order valence-electron chi connectivity index (χ3n) is 3.99. The van der Waals surface area contributed by atoms with Crippen LogP contribution in [0, 0.1) is 0 Å². The van der Waals surface area contributed by atoms with Gasteiger partial charge in [0.15, 0.2) is 0 Å². The van der Waals surface area contributed by atoms with E-state index in [1.165, 1.54) is 16.7 Å². The maximum Gasteiger partial charge on any atom is 0.268 e. The Morgan fingerprint density at radius 1 is 1.00 bits per heavy atom. The fraction of sp³-hybridized carbons (Fsp3) is 0.238. The molecule has 3 rings (SSSR count). The lowest BCUT2D eigenvalue weighted by Gasteiger charge is -2.16. The lowest BCUT2D eigenvalue weighted by atomic mass is 10.1. The van der Waals surface area contributed by atoms with E-state index in [-0.39, 0.29) is 24.5 Å². The summed E-state index contributed by atoms with van der Waals surface area (Å²) in [5, 5.41) is 0.623. The topological polar surface area (TPSA) is 46.6 Å². The molecular weight excluding hydrogens is 382 g/mol. The van der Waals surface area contributed by atoms with E-state index in [2.05, 4.69) is 0 Å². The van der Waals surface area contributed by atoms with E-state index in [0.717, 1.165) is 10.5 Å². The highest BCUT2D eigenvalue weighted by atomic mass is 35.5. The summed E-state index contributed by atoms with van der Waals surface area (Å²) < 4.78 is 5.52. The molecule has 4 nitrogen and oxygen atoms in total. The number of carbonyl (C=O) groups is 2. The first-order chi connectivity index (χ1) is 13.0. The predicted molar refractivity (Wildman–Crippen MR) is 108 cm³/mol. The standard InChI is InChI=1S/C21H20ClNO3S/c1-14(2)26-13-12-23-20(24)18(15-6-4-3-5-7-15)19(21(23)25)27-17-10-8-16(22)9-11-17/h3-11,14H,12-13H2,1-2H3. The van der Waals surface area contributed by atoms with E-state index < -0.39 is 0 Å². The summed E-state index contributed by atoms with van der Waals surface area (Å²) in [7, 11) is 0. The predicted octanol–water partition coefficient (Wildman–Crippen LogP) is 4.64. The third kappa shape index (κ3) is 4.61. The Morgan fingerprint density at radius 2 is 1.67 bits per heavy atom. The van der Waals surface area contributed by atoms with Crippen molar-refractivity contribution in [3.8, 4) is 0 Å². The van der Waals surface area contributed by atoms with Gasteiger partial charge in [-0.2, -0.15) is 0 Å². The Bertz CT molecular complexity index is 863. The molecular formula is C21H20ClNO3S.